The monoisotopic (exact) mass is 127 g/mol. The first-order valence-electron chi connectivity index (χ1n) is 2.44. The summed E-state index contributed by atoms with van der Waals surface area (Å²) in [5.74, 6) is 0. The zero-order valence-corrected chi connectivity index (χ0v) is 4.91. The molecule has 0 radical (unpaired) electrons. The van der Waals surface area contributed by atoms with Crippen LogP contribution in [0.4, 0.5) is 0 Å². The summed E-state index contributed by atoms with van der Waals surface area (Å²) >= 11 is 0. The molecule has 0 fully saturated rings. The quantitative estimate of drug-likeness (QED) is 0.565. The van der Waals surface area contributed by atoms with Crippen LogP contribution in [0.25, 0.3) is 0 Å². The van der Waals surface area contributed by atoms with Gasteiger partial charge >= 0.3 is 0 Å². The third-order valence-corrected chi connectivity index (χ3v) is 0.888. The average Bonchev–Trinajstić information content (AvgIpc) is 1.90. The lowest BCUT2D eigenvalue weighted by Gasteiger charge is -1.88. The molecular formula is C6H9NO2. The van der Waals surface area contributed by atoms with Crippen LogP contribution in [0.15, 0.2) is 24.4 Å². The van der Waals surface area contributed by atoms with Crippen LogP contribution in [0.2, 0.25) is 0 Å². The molecule has 3 heteroatoms. The van der Waals surface area contributed by atoms with Crippen molar-refractivity contribution in [2.45, 2.75) is 6.61 Å². The van der Waals surface area contributed by atoms with Gasteiger partial charge < -0.3 is 10.6 Å². The highest BCUT2D eigenvalue weighted by atomic mass is 16.3. The van der Waals surface area contributed by atoms with E-state index in [2.05, 4.69) is 4.98 Å². The molecule has 0 atom stereocenters. The maximum absolute atomic E-state index is 8.48. The number of hydrogen-bond donors (Lipinski definition) is 1. The van der Waals surface area contributed by atoms with Gasteiger partial charge in [0.25, 0.3) is 0 Å². The van der Waals surface area contributed by atoms with Crippen molar-refractivity contribution in [2.75, 3.05) is 0 Å². The van der Waals surface area contributed by atoms with Crippen LogP contribution in [0.5, 0.6) is 0 Å². The second-order valence-corrected chi connectivity index (χ2v) is 1.48. The predicted octanol–water partition coefficient (Wildman–Crippen LogP) is -0.251. The number of rotatable bonds is 1. The van der Waals surface area contributed by atoms with E-state index in [1.54, 1.807) is 12.3 Å². The molecule has 0 bridgehead atoms. The largest absolute Gasteiger partial charge is 0.412 e. The fourth-order valence-corrected chi connectivity index (χ4v) is 0.492. The van der Waals surface area contributed by atoms with Crippen molar-refractivity contribution in [1.82, 2.24) is 4.98 Å². The maximum atomic E-state index is 8.48. The Morgan fingerprint density at radius 2 is 2.22 bits per heavy atom. The summed E-state index contributed by atoms with van der Waals surface area (Å²) in [6.45, 7) is 0.0286. The highest BCUT2D eigenvalue weighted by Gasteiger charge is 1.82. The number of nitrogens with zero attached hydrogens (tertiary/aromatic N) is 1. The number of aliphatic hydroxyl groups is 1. The fraction of sp³-hybridized carbons (Fsp3) is 0.167. The van der Waals surface area contributed by atoms with Gasteiger partial charge in [-0.3, -0.25) is 4.98 Å². The molecule has 0 saturated heterocycles. The van der Waals surface area contributed by atoms with Crippen LogP contribution >= 0.6 is 0 Å². The molecule has 0 spiro atoms. The SMILES string of the molecule is O.OCc1ccccn1. The Balaban J connectivity index is 0.000000640. The lowest BCUT2D eigenvalue weighted by molar-refractivity contribution is 0.277. The zero-order chi connectivity index (χ0) is 5.82. The van der Waals surface area contributed by atoms with Crippen LogP contribution in [0.1, 0.15) is 5.69 Å². The summed E-state index contributed by atoms with van der Waals surface area (Å²) < 4.78 is 0. The van der Waals surface area contributed by atoms with Crippen molar-refractivity contribution in [2.24, 2.45) is 0 Å². The predicted molar refractivity (Wildman–Crippen MR) is 33.8 cm³/mol. The van der Waals surface area contributed by atoms with E-state index in [0.29, 0.717) is 5.69 Å². The second kappa shape index (κ2) is 4.00. The van der Waals surface area contributed by atoms with E-state index in [1.807, 2.05) is 12.1 Å². The molecule has 0 aliphatic rings. The first-order valence-corrected chi connectivity index (χ1v) is 2.44. The molecule has 50 valence electrons. The molecule has 0 amide bonds. The highest BCUT2D eigenvalue weighted by molar-refractivity contribution is 5.01. The molecule has 1 aromatic heterocycles. The van der Waals surface area contributed by atoms with E-state index in [1.165, 1.54) is 0 Å². The van der Waals surface area contributed by atoms with E-state index >= 15 is 0 Å². The molecule has 1 rings (SSSR count). The Morgan fingerprint density at radius 3 is 2.56 bits per heavy atom. The van der Waals surface area contributed by atoms with Crippen LogP contribution in [-0.2, 0) is 6.61 Å². The van der Waals surface area contributed by atoms with Crippen molar-refractivity contribution < 1.29 is 10.6 Å². The van der Waals surface area contributed by atoms with E-state index in [4.69, 9.17) is 5.11 Å². The molecule has 0 saturated carbocycles. The minimum atomic E-state index is 0. The van der Waals surface area contributed by atoms with Gasteiger partial charge in [-0.05, 0) is 12.1 Å². The Bertz CT molecular complexity index is 152. The molecule has 0 aliphatic heterocycles. The van der Waals surface area contributed by atoms with Crippen molar-refractivity contribution >= 4 is 0 Å². The van der Waals surface area contributed by atoms with Crippen molar-refractivity contribution in [1.29, 1.82) is 0 Å². The topological polar surface area (TPSA) is 64.6 Å². The summed E-state index contributed by atoms with van der Waals surface area (Å²) in [6.07, 6.45) is 1.66. The molecule has 1 aromatic rings. The van der Waals surface area contributed by atoms with Gasteiger partial charge in [0.05, 0.1) is 12.3 Å². The summed E-state index contributed by atoms with van der Waals surface area (Å²) in [6, 6.07) is 5.44. The second-order valence-electron chi connectivity index (χ2n) is 1.48. The Hall–Kier alpha value is -0.930. The summed E-state index contributed by atoms with van der Waals surface area (Å²) in [7, 11) is 0. The fourth-order valence-electron chi connectivity index (χ4n) is 0.492. The summed E-state index contributed by atoms with van der Waals surface area (Å²) in [5, 5.41) is 8.48. The van der Waals surface area contributed by atoms with Gasteiger partial charge in [0, 0.05) is 6.20 Å². The third kappa shape index (κ3) is 2.21. The van der Waals surface area contributed by atoms with Gasteiger partial charge in [0.1, 0.15) is 0 Å². The lowest BCUT2D eigenvalue weighted by atomic mass is 10.4. The molecular weight excluding hydrogens is 118 g/mol. The van der Waals surface area contributed by atoms with E-state index < -0.39 is 0 Å². The lowest BCUT2D eigenvalue weighted by Crippen LogP contribution is -1.84. The molecule has 0 aliphatic carbocycles. The standard InChI is InChI=1S/C6H7NO.H2O/c8-5-6-3-1-2-4-7-6;/h1-4,8H,5H2;1H2. The van der Waals surface area contributed by atoms with Gasteiger partial charge in [-0.15, -0.1) is 0 Å². The third-order valence-electron chi connectivity index (χ3n) is 0.888. The van der Waals surface area contributed by atoms with Crippen LogP contribution < -0.4 is 0 Å². The summed E-state index contributed by atoms with van der Waals surface area (Å²) in [5.41, 5.74) is 0.715. The summed E-state index contributed by atoms with van der Waals surface area (Å²) in [4.78, 5) is 3.85. The molecule has 3 N–H and O–H groups in total. The van der Waals surface area contributed by atoms with Gasteiger partial charge in [-0.2, -0.15) is 0 Å². The first-order chi connectivity index (χ1) is 3.93. The van der Waals surface area contributed by atoms with Gasteiger partial charge in [-0.25, -0.2) is 0 Å². The number of aromatic nitrogens is 1. The van der Waals surface area contributed by atoms with E-state index in [0.717, 1.165) is 0 Å². The molecule has 0 unspecified atom stereocenters. The van der Waals surface area contributed by atoms with Crippen LogP contribution in [0.3, 0.4) is 0 Å². The van der Waals surface area contributed by atoms with Crippen LogP contribution in [-0.4, -0.2) is 15.6 Å². The van der Waals surface area contributed by atoms with Crippen LogP contribution in [0, 0.1) is 0 Å². The van der Waals surface area contributed by atoms with Crippen molar-refractivity contribution in [3.63, 3.8) is 0 Å². The number of aliphatic hydroxyl groups excluding tert-OH is 1. The maximum Gasteiger partial charge on any atom is 0.0852 e. The van der Waals surface area contributed by atoms with Crippen molar-refractivity contribution in [3.05, 3.63) is 30.1 Å². The number of pyridine rings is 1. The Labute approximate surface area is 53.3 Å². The van der Waals surface area contributed by atoms with E-state index in [-0.39, 0.29) is 12.1 Å². The molecule has 3 nitrogen and oxygen atoms in total. The Morgan fingerprint density at radius 1 is 1.44 bits per heavy atom. The van der Waals surface area contributed by atoms with Gasteiger partial charge in [-0.1, -0.05) is 6.07 Å². The normalized spacial score (nSPS) is 8.11. The number of hydrogen-bond acceptors (Lipinski definition) is 2. The highest BCUT2D eigenvalue weighted by Crippen LogP contribution is 1.89. The minimum Gasteiger partial charge on any atom is -0.412 e. The van der Waals surface area contributed by atoms with Crippen molar-refractivity contribution in [3.8, 4) is 0 Å². The average molecular weight is 127 g/mol. The zero-order valence-electron chi connectivity index (χ0n) is 4.91. The van der Waals surface area contributed by atoms with Gasteiger partial charge in [0.2, 0.25) is 0 Å². The first kappa shape index (κ1) is 8.07. The van der Waals surface area contributed by atoms with Gasteiger partial charge in [0.15, 0.2) is 0 Å². The Kier molecular flexibility index (Phi) is 3.59. The van der Waals surface area contributed by atoms with E-state index in [9.17, 15) is 0 Å². The minimum absolute atomic E-state index is 0. The molecule has 9 heavy (non-hydrogen) atoms. The molecule has 0 aromatic carbocycles. The molecule has 1 heterocycles. The smallest absolute Gasteiger partial charge is 0.0852 e.